The maximum Gasteiger partial charge on any atom is 0.407 e. The van der Waals surface area contributed by atoms with Crippen molar-refractivity contribution in [2.75, 3.05) is 13.1 Å². The Balaban J connectivity index is 2.10. The number of alkyl carbamates (subject to hydrolysis) is 1. The zero-order valence-corrected chi connectivity index (χ0v) is 14.2. The molecule has 2 N–H and O–H groups in total. The number of amides is 1. The van der Waals surface area contributed by atoms with Gasteiger partial charge < -0.3 is 15.4 Å². The zero-order chi connectivity index (χ0) is 15.7. The Morgan fingerprint density at radius 1 is 1.33 bits per heavy atom. The van der Waals surface area contributed by atoms with E-state index in [0.29, 0.717) is 19.6 Å². The van der Waals surface area contributed by atoms with Gasteiger partial charge in [0.2, 0.25) is 0 Å². The molecule has 0 unspecified atom stereocenters. The molecule has 0 aromatic carbocycles. The van der Waals surface area contributed by atoms with Crippen molar-refractivity contribution >= 4 is 22.0 Å². The molecule has 0 saturated heterocycles. The third-order valence-corrected chi connectivity index (χ3v) is 2.76. The second-order valence-corrected chi connectivity index (χ2v) is 6.37. The highest BCUT2D eigenvalue weighted by molar-refractivity contribution is 9.10. The minimum Gasteiger partial charge on any atom is -0.444 e. The first-order valence-corrected chi connectivity index (χ1v) is 7.59. The topological polar surface area (TPSA) is 63.2 Å². The smallest absolute Gasteiger partial charge is 0.407 e. The van der Waals surface area contributed by atoms with E-state index in [1.54, 1.807) is 6.20 Å². The number of hydrogen-bond acceptors (Lipinski definition) is 4. The Hall–Kier alpha value is -1.40. The van der Waals surface area contributed by atoms with Crippen LogP contribution in [0.1, 0.15) is 26.5 Å². The van der Waals surface area contributed by atoms with Crippen molar-refractivity contribution in [3.05, 3.63) is 40.6 Å². The molecule has 1 rings (SSSR count). The van der Waals surface area contributed by atoms with Crippen molar-refractivity contribution in [3.8, 4) is 0 Å². The average molecular weight is 356 g/mol. The molecular formula is C15H22BrN3O2. The molecule has 0 spiro atoms. The fourth-order valence-electron chi connectivity index (χ4n) is 1.42. The Labute approximate surface area is 134 Å². The summed E-state index contributed by atoms with van der Waals surface area (Å²) in [5.41, 5.74) is 0.519. The lowest BCUT2D eigenvalue weighted by molar-refractivity contribution is 0.0534. The fraction of sp³-hybridized carbons (Fsp3) is 0.467. The van der Waals surface area contributed by atoms with E-state index in [0.717, 1.165) is 10.2 Å². The monoisotopic (exact) mass is 355 g/mol. The van der Waals surface area contributed by atoms with Crippen molar-refractivity contribution < 1.29 is 9.53 Å². The lowest BCUT2D eigenvalue weighted by atomic mass is 10.2. The van der Waals surface area contributed by atoms with Crippen molar-refractivity contribution in [2.45, 2.75) is 32.9 Å². The highest BCUT2D eigenvalue weighted by Crippen LogP contribution is 2.07. The molecule has 0 bridgehead atoms. The third kappa shape index (κ3) is 9.20. The van der Waals surface area contributed by atoms with Gasteiger partial charge in [0, 0.05) is 30.3 Å². The van der Waals surface area contributed by atoms with Gasteiger partial charge in [-0.3, -0.25) is 4.98 Å². The van der Waals surface area contributed by atoms with E-state index < -0.39 is 11.7 Å². The number of halogens is 1. The maximum absolute atomic E-state index is 11.4. The summed E-state index contributed by atoms with van der Waals surface area (Å²) < 4.78 is 6.09. The summed E-state index contributed by atoms with van der Waals surface area (Å²) in [6, 6.07) is 3.93. The lowest BCUT2D eigenvalue weighted by Crippen LogP contribution is -2.32. The quantitative estimate of drug-likeness (QED) is 0.608. The number of hydrogen-bond donors (Lipinski definition) is 2. The van der Waals surface area contributed by atoms with Crippen molar-refractivity contribution in [3.63, 3.8) is 0 Å². The van der Waals surface area contributed by atoms with E-state index >= 15 is 0 Å². The number of nitrogens with zero attached hydrogens (tertiary/aromatic N) is 1. The minimum absolute atomic E-state index is 0.404. The highest BCUT2D eigenvalue weighted by atomic mass is 79.9. The lowest BCUT2D eigenvalue weighted by Gasteiger charge is -2.19. The molecular weight excluding hydrogens is 334 g/mol. The summed E-state index contributed by atoms with van der Waals surface area (Å²) in [6.45, 7) is 7.38. The molecule has 5 nitrogen and oxygen atoms in total. The van der Waals surface area contributed by atoms with Crippen molar-refractivity contribution in [1.82, 2.24) is 15.6 Å². The standard InChI is InChI=1S/C15H22BrN3O2/c1-15(2,3)21-14(20)18-9-5-4-8-17-11-13-7-6-12(16)10-19-13/h4-7,10,17H,8-9,11H2,1-3H3,(H,18,20)/b5-4+. The Morgan fingerprint density at radius 2 is 2.05 bits per heavy atom. The highest BCUT2D eigenvalue weighted by Gasteiger charge is 2.14. The van der Waals surface area contributed by atoms with Gasteiger partial charge in [-0.2, -0.15) is 0 Å². The second-order valence-electron chi connectivity index (χ2n) is 5.45. The van der Waals surface area contributed by atoms with Gasteiger partial charge in [-0.25, -0.2) is 4.79 Å². The predicted molar refractivity (Wildman–Crippen MR) is 87.0 cm³/mol. The molecule has 116 valence electrons. The molecule has 1 aromatic heterocycles. The molecule has 0 fully saturated rings. The summed E-state index contributed by atoms with van der Waals surface area (Å²) >= 11 is 3.35. The van der Waals surface area contributed by atoms with Crippen LogP contribution in [0.3, 0.4) is 0 Å². The van der Waals surface area contributed by atoms with Gasteiger partial charge in [0.15, 0.2) is 0 Å². The first-order chi connectivity index (χ1) is 9.87. The van der Waals surface area contributed by atoms with Crippen molar-refractivity contribution in [2.24, 2.45) is 0 Å². The molecule has 0 saturated carbocycles. The van der Waals surface area contributed by atoms with Crippen LogP contribution >= 0.6 is 15.9 Å². The van der Waals surface area contributed by atoms with Crippen molar-refractivity contribution in [1.29, 1.82) is 0 Å². The largest absolute Gasteiger partial charge is 0.444 e. The Morgan fingerprint density at radius 3 is 2.67 bits per heavy atom. The SMILES string of the molecule is CC(C)(C)OC(=O)NC/C=C/CNCc1ccc(Br)cn1. The summed E-state index contributed by atoms with van der Waals surface area (Å²) in [7, 11) is 0. The van der Waals surface area contributed by atoms with Crippen LogP contribution < -0.4 is 10.6 Å². The summed E-state index contributed by atoms with van der Waals surface area (Å²) in [4.78, 5) is 15.6. The van der Waals surface area contributed by atoms with E-state index in [1.807, 2.05) is 45.1 Å². The van der Waals surface area contributed by atoms with Gasteiger partial charge in [-0.1, -0.05) is 12.2 Å². The maximum atomic E-state index is 11.4. The van der Waals surface area contributed by atoms with E-state index in [1.165, 1.54) is 0 Å². The van der Waals surface area contributed by atoms with Crippen LogP contribution in [0.15, 0.2) is 35.0 Å². The molecule has 1 heterocycles. The van der Waals surface area contributed by atoms with Gasteiger partial charge in [0.1, 0.15) is 5.60 Å². The molecule has 0 aliphatic rings. The van der Waals surface area contributed by atoms with Crippen LogP contribution in [-0.2, 0) is 11.3 Å². The molecule has 6 heteroatoms. The van der Waals surface area contributed by atoms with Gasteiger partial charge in [0.25, 0.3) is 0 Å². The second kappa shape index (κ2) is 8.79. The number of aromatic nitrogens is 1. The number of carbonyl (C=O) groups excluding carboxylic acids is 1. The van der Waals surface area contributed by atoms with Crippen LogP contribution in [-0.4, -0.2) is 29.8 Å². The van der Waals surface area contributed by atoms with Crippen LogP contribution in [0.5, 0.6) is 0 Å². The molecule has 0 aliphatic carbocycles. The number of nitrogens with one attached hydrogen (secondary N) is 2. The van der Waals surface area contributed by atoms with Gasteiger partial charge >= 0.3 is 6.09 Å². The van der Waals surface area contributed by atoms with Gasteiger partial charge in [0.05, 0.1) is 5.69 Å². The summed E-state index contributed by atoms with van der Waals surface area (Å²) in [5.74, 6) is 0. The Bertz CT molecular complexity index is 467. The molecule has 0 radical (unpaired) electrons. The third-order valence-electron chi connectivity index (χ3n) is 2.29. The predicted octanol–water partition coefficient (Wildman–Crippen LogP) is 3.01. The van der Waals surface area contributed by atoms with Crippen LogP contribution in [0.4, 0.5) is 4.79 Å². The first kappa shape index (κ1) is 17.7. The van der Waals surface area contributed by atoms with Crippen LogP contribution in [0, 0.1) is 0 Å². The van der Waals surface area contributed by atoms with E-state index in [9.17, 15) is 4.79 Å². The molecule has 0 atom stereocenters. The molecule has 1 aromatic rings. The molecule has 0 aliphatic heterocycles. The van der Waals surface area contributed by atoms with Gasteiger partial charge in [-0.05, 0) is 48.8 Å². The van der Waals surface area contributed by atoms with E-state index in [4.69, 9.17) is 4.74 Å². The zero-order valence-electron chi connectivity index (χ0n) is 12.6. The van der Waals surface area contributed by atoms with E-state index in [-0.39, 0.29) is 0 Å². The molecule has 21 heavy (non-hydrogen) atoms. The average Bonchev–Trinajstić information content (AvgIpc) is 2.37. The summed E-state index contributed by atoms with van der Waals surface area (Å²) in [5, 5.41) is 5.90. The molecule has 1 amide bonds. The van der Waals surface area contributed by atoms with Crippen LogP contribution in [0.2, 0.25) is 0 Å². The number of ether oxygens (including phenoxy) is 1. The number of carbonyl (C=O) groups is 1. The summed E-state index contributed by atoms with van der Waals surface area (Å²) in [6.07, 6.45) is 5.21. The normalized spacial score (nSPS) is 11.6. The Kier molecular flexibility index (Phi) is 7.39. The first-order valence-electron chi connectivity index (χ1n) is 6.80. The fourth-order valence-corrected chi connectivity index (χ4v) is 1.65. The van der Waals surface area contributed by atoms with Crippen LogP contribution in [0.25, 0.3) is 0 Å². The van der Waals surface area contributed by atoms with Gasteiger partial charge in [-0.15, -0.1) is 0 Å². The van der Waals surface area contributed by atoms with E-state index in [2.05, 4.69) is 31.5 Å². The minimum atomic E-state index is -0.465. The number of rotatable bonds is 6. The number of pyridine rings is 1.